The molecule has 3 aromatic rings. The lowest BCUT2D eigenvalue weighted by Crippen LogP contribution is -2.12. The maximum absolute atomic E-state index is 12.4. The molecule has 1 heterocycles. The second-order valence-corrected chi connectivity index (χ2v) is 6.39. The molecule has 1 amide bonds. The summed E-state index contributed by atoms with van der Waals surface area (Å²) in [7, 11) is 1.56. The molecule has 0 aliphatic carbocycles. The van der Waals surface area contributed by atoms with Gasteiger partial charge < -0.3 is 20.2 Å². The second kappa shape index (κ2) is 7.03. The van der Waals surface area contributed by atoms with Crippen molar-refractivity contribution in [2.75, 3.05) is 18.2 Å². The molecule has 0 unspecified atom stereocenters. The first-order chi connectivity index (χ1) is 12.0. The van der Waals surface area contributed by atoms with Crippen LogP contribution < -0.4 is 15.8 Å². The summed E-state index contributed by atoms with van der Waals surface area (Å²) in [5.74, 6) is 1.10. The monoisotopic (exact) mass is 400 g/mol. The van der Waals surface area contributed by atoms with Crippen LogP contribution in [0.4, 0.5) is 11.4 Å². The molecule has 1 aromatic heterocycles. The van der Waals surface area contributed by atoms with Gasteiger partial charge >= 0.3 is 0 Å². The van der Waals surface area contributed by atoms with Gasteiger partial charge in [-0.3, -0.25) is 4.79 Å². The van der Waals surface area contributed by atoms with Crippen LogP contribution in [-0.2, 0) is 0 Å². The highest BCUT2D eigenvalue weighted by atomic mass is 79.9. The number of hydrogen-bond acceptors (Lipinski definition) is 4. The quantitative estimate of drug-likeness (QED) is 0.612. The number of benzene rings is 2. The maximum atomic E-state index is 12.4. The van der Waals surface area contributed by atoms with Gasteiger partial charge in [0, 0.05) is 16.1 Å². The van der Waals surface area contributed by atoms with Gasteiger partial charge in [-0.25, -0.2) is 0 Å². The molecule has 25 heavy (non-hydrogen) atoms. The maximum Gasteiger partial charge on any atom is 0.291 e. The predicted molar refractivity (Wildman–Crippen MR) is 102 cm³/mol. The van der Waals surface area contributed by atoms with Crippen molar-refractivity contribution in [3.8, 4) is 17.1 Å². The van der Waals surface area contributed by atoms with Gasteiger partial charge in [-0.2, -0.15) is 0 Å². The number of nitrogens with one attached hydrogen (secondary N) is 1. The number of hydrogen-bond donors (Lipinski definition) is 2. The molecule has 128 valence electrons. The minimum Gasteiger partial charge on any atom is -0.497 e. The summed E-state index contributed by atoms with van der Waals surface area (Å²) >= 11 is 3.47. The zero-order valence-corrected chi connectivity index (χ0v) is 15.4. The van der Waals surface area contributed by atoms with Crippen molar-refractivity contribution in [3.05, 3.63) is 64.3 Å². The van der Waals surface area contributed by atoms with Crippen LogP contribution in [0.1, 0.15) is 16.1 Å². The first-order valence-electron chi connectivity index (χ1n) is 7.59. The molecule has 0 bridgehead atoms. The van der Waals surface area contributed by atoms with Crippen LogP contribution in [0.25, 0.3) is 11.3 Å². The van der Waals surface area contributed by atoms with Crippen LogP contribution in [0.2, 0.25) is 0 Å². The summed E-state index contributed by atoms with van der Waals surface area (Å²) in [6, 6.07) is 14.3. The fraction of sp³-hybridized carbons (Fsp3) is 0.105. The van der Waals surface area contributed by atoms with Gasteiger partial charge in [0.2, 0.25) is 0 Å². The largest absolute Gasteiger partial charge is 0.497 e. The number of rotatable bonds is 4. The lowest BCUT2D eigenvalue weighted by Gasteiger charge is -2.08. The van der Waals surface area contributed by atoms with E-state index in [9.17, 15) is 4.79 Å². The van der Waals surface area contributed by atoms with E-state index >= 15 is 0 Å². The molecule has 5 nitrogen and oxygen atoms in total. The van der Waals surface area contributed by atoms with Crippen LogP contribution in [0.15, 0.2) is 57.4 Å². The molecule has 2 aromatic carbocycles. The third-order valence-electron chi connectivity index (χ3n) is 3.78. The Morgan fingerprint density at radius 3 is 2.64 bits per heavy atom. The molecule has 3 N–H and O–H groups in total. The van der Waals surface area contributed by atoms with Gasteiger partial charge in [0.1, 0.15) is 11.5 Å². The molecule has 0 aliphatic heterocycles. The van der Waals surface area contributed by atoms with E-state index in [0.29, 0.717) is 22.9 Å². The number of carbonyl (C=O) groups excluding carboxylic acids is 1. The molecule has 0 spiro atoms. The number of methoxy groups -OCH3 is 1. The Hall–Kier alpha value is -2.73. The number of halogens is 1. The highest BCUT2D eigenvalue weighted by Crippen LogP contribution is 2.28. The van der Waals surface area contributed by atoms with Crippen molar-refractivity contribution < 1.29 is 13.9 Å². The molecular formula is C19H17BrN2O3. The van der Waals surface area contributed by atoms with Crippen molar-refractivity contribution in [1.29, 1.82) is 0 Å². The summed E-state index contributed by atoms with van der Waals surface area (Å²) in [5.41, 5.74) is 8.84. The number of aryl methyl sites for hydroxylation is 1. The van der Waals surface area contributed by atoms with E-state index < -0.39 is 0 Å². The number of ether oxygens (including phenoxy) is 1. The van der Waals surface area contributed by atoms with E-state index in [-0.39, 0.29) is 11.7 Å². The number of amides is 1. The number of furan rings is 1. The molecular weight excluding hydrogens is 384 g/mol. The summed E-state index contributed by atoms with van der Waals surface area (Å²) < 4.78 is 11.8. The smallest absolute Gasteiger partial charge is 0.291 e. The van der Waals surface area contributed by atoms with Crippen molar-refractivity contribution >= 4 is 33.2 Å². The van der Waals surface area contributed by atoms with Gasteiger partial charge in [0.25, 0.3) is 5.91 Å². The third-order valence-corrected chi connectivity index (χ3v) is 4.67. The second-order valence-electron chi connectivity index (χ2n) is 5.54. The number of anilines is 2. The molecule has 6 heteroatoms. The average molecular weight is 401 g/mol. The van der Waals surface area contributed by atoms with Crippen molar-refractivity contribution in [3.63, 3.8) is 0 Å². The van der Waals surface area contributed by atoms with Crippen molar-refractivity contribution in [2.45, 2.75) is 6.92 Å². The van der Waals surface area contributed by atoms with E-state index in [1.165, 1.54) is 0 Å². The fourth-order valence-electron chi connectivity index (χ4n) is 2.38. The predicted octanol–water partition coefficient (Wildman–Crippen LogP) is 4.86. The summed E-state index contributed by atoms with van der Waals surface area (Å²) in [6.07, 6.45) is 0. The van der Waals surface area contributed by atoms with E-state index in [4.69, 9.17) is 14.9 Å². The van der Waals surface area contributed by atoms with Crippen molar-refractivity contribution in [2.24, 2.45) is 0 Å². The molecule has 0 aliphatic rings. The van der Waals surface area contributed by atoms with Crippen LogP contribution in [0.3, 0.4) is 0 Å². The van der Waals surface area contributed by atoms with Crippen molar-refractivity contribution in [1.82, 2.24) is 0 Å². The van der Waals surface area contributed by atoms with Crippen LogP contribution >= 0.6 is 15.9 Å². The van der Waals surface area contributed by atoms with Crippen LogP contribution in [0, 0.1) is 6.92 Å². The first kappa shape index (κ1) is 17.1. The van der Waals surface area contributed by atoms with E-state index in [1.54, 1.807) is 37.4 Å². The zero-order chi connectivity index (χ0) is 18.0. The molecule has 0 fully saturated rings. The van der Waals surface area contributed by atoms with Gasteiger partial charge in [-0.15, -0.1) is 0 Å². The number of nitrogen functional groups attached to an aromatic ring is 1. The summed E-state index contributed by atoms with van der Waals surface area (Å²) in [5, 5.41) is 2.74. The lowest BCUT2D eigenvalue weighted by atomic mass is 10.1. The Labute approximate surface area is 153 Å². The normalized spacial score (nSPS) is 10.5. The van der Waals surface area contributed by atoms with E-state index in [2.05, 4.69) is 21.2 Å². The molecule has 0 saturated heterocycles. The standard InChI is InChI=1S/C19H17BrN2O3/c1-11-9-12(3-5-14(11)20)17-7-8-18(25-17)19(23)22-16-6-4-13(24-2)10-15(16)21/h3-10H,21H2,1-2H3,(H,22,23). The summed E-state index contributed by atoms with van der Waals surface area (Å²) in [4.78, 5) is 12.4. The van der Waals surface area contributed by atoms with E-state index in [0.717, 1.165) is 15.6 Å². The Morgan fingerprint density at radius 2 is 1.96 bits per heavy atom. The summed E-state index contributed by atoms with van der Waals surface area (Å²) in [6.45, 7) is 2.00. The molecule has 0 radical (unpaired) electrons. The van der Waals surface area contributed by atoms with Gasteiger partial charge in [0.15, 0.2) is 5.76 Å². The van der Waals surface area contributed by atoms with Gasteiger partial charge in [-0.05, 0) is 48.9 Å². The van der Waals surface area contributed by atoms with Crippen LogP contribution in [-0.4, -0.2) is 13.0 Å². The minimum absolute atomic E-state index is 0.214. The Morgan fingerprint density at radius 1 is 1.16 bits per heavy atom. The Bertz CT molecular complexity index is 934. The topological polar surface area (TPSA) is 77.5 Å². The number of carbonyl (C=O) groups is 1. The average Bonchev–Trinajstić information content (AvgIpc) is 3.09. The SMILES string of the molecule is COc1ccc(NC(=O)c2ccc(-c3ccc(Br)c(C)c3)o2)c(N)c1. The zero-order valence-electron chi connectivity index (χ0n) is 13.8. The molecule has 0 atom stereocenters. The lowest BCUT2D eigenvalue weighted by molar-refractivity contribution is 0.0997. The first-order valence-corrected chi connectivity index (χ1v) is 8.38. The van der Waals surface area contributed by atoms with E-state index in [1.807, 2.05) is 25.1 Å². The Balaban J connectivity index is 1.80. The van der Waals surface area contributed by atoms with Gasteiger partial charge in [-0.1, -0.05) is 22.0 Å². The molecule has 3 rings (SSSR count). The third kappa shape index (κ3) is 3.69. The highest BCUT2D eigenvalue weighted by molar-refractivity contribution is 9.10. The number of nitrogens with two attached hydrogens (primary N) is 1. The van der Waals surface area contributed by atoms with Crippen LogP contribution in [0.5, 0.6) is 5.75 Å². The highest BCUT2D eigenvalue weighted by Gasteiger charge is 2.14. The minimum atomic E-state index is -0.364. The molecule has 0 saturated carbocycles. The Kier molecular flexibility index (Phi) is 4.81. The van der Waals surface area contributed by atoms with Gasteiger partial charge in [0.05, 0.1) is 18.5 Å². The fourth-order valence-corrected chi connectivity index (χ4v) is 2.63.